The van der Waals surface area contributed by atoms with Crippen molar-refractivity contribution in [2.45, 2.75) is 122 Å². The number of rotatable bonds is 12. The Morgan fingerprint density at radius 1 is 1.07 bits per heavy atom. The van der Waals surface area contributed by atoms with Crippen LogP contribution in [0.5, 0.6) is 5.75 Å². The summed E-state index contributed by atoms with van der Waals surface area (Å²) in [4.78, 5) is 72.5. The topological polar surface area (TPSA) is 129 Å². The molecule has 18 heteroatoms. The van der Waals surface area contributed by atoms with Crippen molar-refractivity contribution >= 4 is 47.0 Å². The fraction of sp³-hybridized carbons (Fsp3) is 0.595. The maximum Gasteiger partial charge on any atom is 0.410 e. The zero-order valence-corrected chi connectivity index (χ0v) is 35.8. The van der Waals surface area contributed by atoms with Gasteiger partial charge < -0.3 is 34.4 Å². The molecule has 2 aromatic carbocycles. The highest BCUT2D eigenvalue weighted by Gasteiger charge is 2.63. The van der Waals surface area contributed by atoms with Crippen molar-refractivity contribution in [3.05, 3.63) is 58.1 Å². The van der Waals surface area contributed by atoms with Crippen molar-refractivity contribution < 1.29 is 55.4 Å². The minimum Gasteiger partial charge on any atom is -0.476 e. The number of halogens is 6. The predicted octanol–water partition coefficient (Wildman–Crippen LogP) is 7.18. The molecule has 0 radical (unpaired) electrons. The van der Waals surface area contributed by atoms with Crippen molar-refractivity contribution in [1.82, 2.24) is 20.0 Å². The Balaban J connectivity index is 1.42. The molecule has 2 aliphatic heterocycles. The van der Waals surface area contributed by atoms with Gasteiger partial charge >= 0.3 is 18.7 Å². The molecule has 2 aromatic rings. The lowest BCUT2D eigenvalue weighted by Gasteiger charge is -2.46. The number of benzene rings is 2. The summed E-state index contributed by atoms with van der Waals surface area (Å²) in [6, 6.07) is 8.36. The molecule has 5 amide bonds. The third-order valence-corrected chi connectivity index (χ3v) is 11.3. The van der Waals surface area contributed by atoms with Crippen molar-refractivity contribution in [2.75, 3.05) is 37.6 Å². The molecule has 5 rings (SSSR count). The molecule has 3 aliphatic rings. The summed E-state index contributed by atoms with van der Waals surface area (Å²) in [7, 11) is 0. The van der Waals surface area contributed by atoms with Gasteiger partial charge in [-0.15, -0.1) is 0 Å². The number of piperidine rings is 1. The van der Waals surface area contributed by atoms with Crippen molar-refractivity contribution in [3.63, 3.8) is 0 Å². The fourth-order valence-electron chi connectivity index (χ4n) is 8.20. The number of nitrogens with zero attached hydrogens (tertiary/aromatic N) is 4. The van der Waals surface area contributed by atoms with Gasteiger partial charge in [-0.1, -0.05) is 23.7 Å². The first-order valence-electron chi connectivity index (χ1n) is 19.9. The van der Waals surface area contributed by atoms with Crippen LogP contribution in [0.25, 0.3) is 0 Å². The molecule has 0 aromatic heterocycles. The maximum absolute atomic E-state index is 14.7. The number of amides is 5. The lowest BCUT2D eigenvalue weighted by Crippen LogP contribution is -2.59. The van der Waals surface area contributed by atoms with Crippen LogP contribution < -0.4 is 15.0 Å². The van der Waals surface area contributed by atoms with Crippen LogP contribution in [0.3, 0.4) is 0 Å². The summed E-state index contributed by atoms with van der Waals surface area (Å²) in [6.07, 6.45) is -7.89. The molecule has 3 atom stereocenters. The van der Waals surface area contributed by atoms with E-state index >= 15 is 0 Å². The minimum atomic E-state index is -4.68. The number of likely N-dealkylation sites (tertiary alicyclic amines) is 1. The number of hydrogen-bond acceptors (Lipinski definition) is 7. The normalized spacial score (nSPS) is 21.1. The van der Waals surface area contributed by atoms with Gasteiger partial charge in [-0.25, -0.2) is 4.79 Å². The van der Waals surface area contributed by atoms with Gasteiger partial charge in [0.2, 0.25) is 5.91 Å². The van der Waals surface area contributed by atoms with E-state index in [1.807, 2.05) is 13.8 Å². The standard InChI is InChI=1S/C42H53ClF5N5O7/c1-24(2)53(36(56)30-19-31-32(17-25(30)3)59-40(7,8)37(57)51(31)16-15-49-35(55)34(44)45)29-13-14-41(52(22-29)38(58)60-39(4,5)6)20-27(41)21-50(23-42(46,47)48)33(54)18-26-9-11-28(43)12-10-26/h9-12,17,19,24,27,29,34H,13-16,18,20-23H2,1-8H3,(H,49,55)/t27-,29?,41+/m0/s1. The number of hydrogen-bond donors (Lipinski definition) is 1. The van der Waals surface area contributed by atoms with Crippen LogP contribution in [-0.2, 0) is 25.5 Å². The van der Waals surface area contributed by atoms with E-state index in [-0.39, 0.29) is 49.6 Å². The molecule has 2 heterocycles. The van der Waals surface area contributed by atoms with Crippen molar-refractivity contribution in [1.29, 1.82) is 0 Å². The third kappa shape index (κ3) is 10.6. The number of carbonyl (C=O) groups is 5. The zero-order chi connectivity index (χ0) is 44.7. The average Bonchev–Trinajstić information content (AvgIpc) is 3.80. The van der Waals surface area contributed by atoms with Gasteiger partial charge in [-0.2, -0.15) is 22.0 Å². The average molecular weight is 870 g/mol. The number of fused-ring (bicyclic) bond motifs is 1. The minimum absolute atomic E-state index is 0.0109. The molecule has 1 saturated carbocycles. The molecular formula is C42H53ClF5N5O7. The van der Waals surface area contributed by atoms with Gasteiger partial charge in [0.25, 0.3) is 17.7 Å². The van der Waals surface area contributed by atoms with Crippen LogP contribution in [-0.4, -0.2) is 119 Å². The van der Waals surface area contributed by atoms with Gasteiger partial charge in [0.05, 0.1) is 23.7 Å². The van der Waals surface area contributed by atoms with E-state index in [2.05, 4.69) is 5.32 Å². The van der Waals surface area contributed by atoms with E-state index in [1.54, 1.807) is 76.8 Å². The third-order valence-electron chi connectivity index (χ3n) is 11.1. The van der Waals surface area contributed by atoms with Crippen LogP contribution in [0.1, 0.15) is 89.2 Å². The molecule has 60 heavy (non-hydrogen) atoms. The Morgan fingerprint density at radius 3 is 2.30 bits per heavy atom. The predicted molar refractivity (Wildman–Crippen MR) is 213 cm³/mol. The summed E-state index contributed by atoms with van der Waals surface area (Å²) in [5, 5.41) is 2.52. The Labute approximate surface area is 351 Å². The first-order chi connectivity index (χ1) is 27.7. The second kappa shape index (κ2) is 17.4. The Kier molecular flexibility index (Phi) is 13.4. The summed E-state index contributed by atoms with van der Waals surface area (Å²) < 4.78 is 79.3. The molecule has 2 fully saturated rings. The monoisotopic (exact) mass is 869 g/mol. The van der Waals surface area contributed by atoms with Gasteiger partial charge in [-0.05, 0) is 110 Å². The number of anilines is 1. The molecule has 330 valence electrons. The van der Waals surface area contributed by atoms with Gasteiger partial charge in [-0.3, -0.25) is 19.2 Å². The Hall–Kier alpha value is -4.67. The van der Waals surface area contributed by atoms with Crippen LogP contribution in [0, 0.1) is 12.8 Å². The summed E-state index contributed by atoms with van der Waals surface area (Å²) in [6.45, 7) is 11.3. The lowest BCUT2D eigenvalue weighted by molar-refractivity contribution is -0.161. The van der Waals surface area contributed by atoms with Crippen LogP contribution in [0.2, 0.25) is 5.02 Å². The highest BCUT2D eigenvalue weighted by molar-refractivity contribution is 6.30. The van der Waals surface area contributed by atoms with E-state index in [4.69, 9.17) is 21.1 Å². The smallest absolute Gasteiger partial charge is 0.410 e. The quantitative estimate of drug-likeness (QED) is 0.224. The molecular weight excluding hydrogens is 817 g/mol. The number of alkyl halides is 5. The Morgan fingerprint density at radius 2 is 1.72 bits per heavy atom. The van der Waals surface area contributed by atoms with Crippen LogP contribution in [0.4, 0.5) is 32.4 Å². The van der Waals surface area contributed by atoms with Gasteiger partial charge in [0.1, 0.15) is 17.9 Å². The largest absolute Gasteiger partial charge is 0.476 e. The van der Waals surface area contributed by atoms with E-state index in [0.29, 0.717) is 35.4 Å². The number of aryl methyl sites for hydroxylation is 1. The van der Waals surface area contributed by atoms with E-state index in [9.17, 15) is 45.9 Å². The maximum atomic E-state index is 14.7. The highest BCUT2D eigenvalue weighted by atomic mass is 35.5. The fourth-order valence-corrected chi connectivity index (χ4v) is 8.32. The molecule has 0 bridgehead atoms. The summed E-state index contributed by atoms with van der Waals surface area (Å²) >= 11 is 5.96. The van der Waals surface area contributed by atoms with Gasteiger partial charge in [0.15, 0.2) is 5.60 Å². The zero-order valence-electron chi connectivity index (χ0n) is 35.1. The molecule has 12 nitrogen and oxygen atoms in total. The van der Waals surface area contributed by atoms with Crippen LogP contribution >= 0.6 is 11.6 Å². The Bertz CT molecular complexity index is 1970. The van der Waals surface area contributed by atoms with Crippen molar-refractivity contribution in [3.8, 4) is 5.75 Å². The van der Waals surface area contributed by atoms with E-state index < -0.39 is 83.6 Å². The molecule has 1 aliphatic carbocycles. The van der Waals surface area contributed by atoms with Crippen molar-refractivity contribution in [2.24, 2.45) is 5.92 Å². The van der Waals surface area contributed by atoms with E-state index in [0.717, 1.165) is 4.90 Å². The SMILES string of the molecule is Cc1cc2c(cc1C(=O)N(C(C)C)C1CC[C@]3(C[C@H]3CN(CC(F)(F)F)C(=O)Cc3ccc(Cl)cc3)N(C(=O)OC(C)(C)C)C1)N(CCNC(=O)C(F)F)C(=O)C(C)(C)O2. The number of ether oxygens (including phenoxy) is 2. The van der Waals surface area contributed by atoms with Gasteiger partial charge in [0, 0.05) is 48.7 Å². The van der Waals surface area contributed by atoms with Crippen LogP contribution in [0.15, 0.2) is 36.4 Å². The second-order valence-electron chi connectivity index (χ2n) is 17.6. The number of carbonyl (C=O) groups excluding carboxylic acids is 5. The second-order valence-corrected chi connectivity index (χ2v) is 18.0. The molecule has 1 unspecified atom stereocenters. The molecule has 1 saturated heterocycles. The summed E-state index contributed by atoms with van der Waals surface area (Å²) in [5.74, 6) is -3.41. The first kappa shape index (κ1) is 46.4. The lowest BCUT2D eigenvalue weighted by atomic mass is 9.91. The van der Waals surface area contributed by atoms with E-state index in [1.165, 1.54) is 15.9 Å². The first-order valence-corrected chi connectivity index (χ1v) is 20.2. The molecule has 1 spiro atoms. The highest BCUT2D eigenvalue weighted by Crippen LogP contribution is 2.55. The summed E-state index contributed by atoms with van der Waals surface area (Å²) in [5.41, 5.74) is -1.79. The number of nitrogens with one attached hydrogen (secondary N) is 1. The molecule has 1 N–H and O–H groups in total.